The molecule has 1 fully saturated rings. The Labute approximate surface area is 81.8 Å². The fourth-order valence-corrected chi connectivity index (χ4v) is 2.91. The minimum atomic E-state index is -1.14. The topological polar surface area (TPSA) is 26.0 Å². The van der Waals surface area contributed by atoms with Crippen LogP contribution in [-0.4, -0.2) is 6.04 Å². The van der Waals surface area contributed by atoms with Crippen LogP contribution in [0.25, 0.3) is 0 Å². The van der Waals surface area contributed by atoms with Gasteiger partial charge in [0.15, 0.2) is 0 Å². The molecule has 0 bridgehead atoms. The Morgan fingerprint density at radius 1 is 1.69 bits per heavy atom. The van der Waals surface area contributed by atoms with Gasteiger partial charge in [0.25, 0.3) is 0 Å². The number of nitrogens with two attached hydrogens (primary N) is 1. The molecule has 0 saturated heterocycles. The van der Waals surface area contributed by atoms with Crippen molar-refractivity contribution in [1.82, 2.24) is 0 Å². The first kappa shape index (κ1) is 9.16. The SMILES string of the molecule is Cc1sccc1C1(F)CCC(N)C1. The molecule has 2 rings (SSSR count). The van der Waals surface area contributed by atoms with E-state index in [1.165, 1.54) is 0 Å². The molecule has 13 heavy (non-hydrogen) atoms. The van der Waals surface area contributed by atoms with Crippen LogP contribution in [0.3, 0.4) is 0 Å². The maximum atomic E-state index is 14.3. The van der Waals surface area contributed by atoms with Crippen LogP contribution in [0.5, 0.6) is 0 Å². The van der Waals surface area contributed by atoms with E-state index >= 15 is 0 Å². The van der Waals surface area contributed by atoms with Gasteiger partial charge < -0.3 is 5.73 Å². The van der Waals surface area contributed by atoms with Crippen LogP contribution in [0, 0.1) is 6.92 Å². The molecule has 1 aliphatic carbocycles. The zero-order valence-electron chi connectivity index (χ0n) is 7.72. The summed E-state index contributed by atoms with van der Waals surface area (Å²) in [5.74, 6) is 0. The summed E-state index contributed by atoms with van der Waals surface area (Å²) in [6.07, 6.45) is 1.89. The Balaban J connectivity index is 2.30. The molecular weight excluding hydrogens is 185 g/mol. The molecule has 2 N–H and O–H groups in total. The lowest BCUT2D eigenvalue weighted by molar-refractivity contribution is 0.172. The highest BCUT2D eigenvalue weighted by atomic mass is 32.1. The molecule has 2 unspecified atom stereocenters. The van der Waals surface area contributed by atoms with Crippen molar-refractivity contribution in [2.24, 2.45) is 5.73 Å². The lowest BCUT2D eigenvalue weighted by Gasteiger charge is -2.19. The molecule has 3 heteroatoms. The summed E-state index contributed by atoms with van der Waals surface area (Å²) >= 11 is 1.61. The first-order valence-corrected chi connectivity index (χ1v) is 5.49. The minimum absolute atomic E-state index is 0.0456. The normalized spacial score (nSPS) is 33.9. The van der Waals surface area contributed by atoms with Crippen LogP contribution in [0.1, 0.15) is 29.7 Å². The molecule has 1 aromatic heterocycles. The zero-order chi connectivity index (χ0) is 9.47. The van der Waals surface area contributed by atoms with Gasteiger partial charge in [-0.15, -0.1) is 11.3 Å². The van der Waals surface area contributed by atoms with Gasteiger partial charge in [0, 0.05) is 22.9 Å². The van der Waals surface area contributed by atoms with Gasteiger partial charge in [0.2, 0.25) is 0 Å². The van der Waals surface area contributed by atoms with E-state index in [4.69, 9.17) is 5.73 Å². The molecule has 1 nitrogen and oxygen atoms in total. The van der Waals surface area contributed by atoms with Gasteiger partial charge in [0.05, 0.1) is 0 Å². The number of hydrogen-bond acceptors (Lipinski definition) is 2. The molecule has 0 aromatic carbocycles. The molecule has 0 aliphatic heterocycles. The summed E-state index contributed by atoms with van der Waals surface area (Å²) in [7, 11) is 0. The van der Waals surface area contributed by atoms with Gasteiger partial charge in [-0.05, 0) is 31.2 Å². The largest absolute Gasteiger partial charge is 0.328 e. The van der Waals surface area contributed by atoms with E-state index in [-0.39, 0.29) is 6.04 Å². The predicted molar refractivity (Wildman–Crippen MR) is 53.7 cm³/mol. The third-order valence-corrected chi connectivity index (χ3v) is 3.68. The number of hydrogen-bond donors (Lipinski definition) is 1. The Morgan fingerprint density at radius 3 is 2.92 bits per heavy atom. The van der Waals surface area contributed by atoms with Crippen LogP contribution < -0.4 is 5.73 Å². The number of halogens is 1. The summed E-state index contributed by atoms with van der Waals surface area (Å²) in [4.78, 5) is 1.09. The van der Waals surface area contributed by atoms with Crippen molar-refractivity contribution < 1.29 is 4.39 Å². The summed E-state index contributed by atoms with van der Waals surface area (Å²) in [6, 6.07) is 1.95. The third kappa shape index (κ3) is 1.51. The van der Waals surface area contributed by atoms with E-state index < -0.39 is 5.67 Å². The highest BCUT2D eigenvalue weighted by molar-refractivity contribution is 7.10. The molecule has 1 heterocycles. The third-order valence-electron chi connectivity index (χ3n) is 2.84. The Hall–Kier alpha value is -0.410. The van der Waals surface area contributed by atoms with Crippen molar-refractivity contribution in [3.05, 3.63) is 21.9 Å². The highest BCUT2D eigenvalue weighted by Gasteiger charge is 2.40. The van der Waals surface area contributed by atoms with Crippen molar-refractivity contribution in [3.8, 4) is 0 Å². The second-order valence-electron chi connectivity index (χ2n) is 3.86. The molecule has 0 radical (unpaired) electrons. The van der Waals surface area contributed by atoms with E-state index in [0.717, 1.165) is 16.9 Å². The number of rotatable bonds is 1. The van der Waals surface area contributed by atoms with Gasteiger partial charge in [-0.3, -0.25) is 0 Å². The van der Waals surface area contributed by atoms with Crippen LogP contribution in [0.15, 0.2) is 11.4 Å². The average molecular weight is 199 g/mol. The predicted octanol–water partition coefficient (Wildman–Crippen LogP) is 2.73. The summed E-state index contributed by atoms with van der Waals surface area (Å²) in [6.45, 7) is 1.98. The smallest absolute Gasteiger partial charge is 0.138 e. The molecule has 72 valence electrons. The Morgan fingerprint density at radius 2 is 2.46 bits per heavy atom. The number of alkyl halides is 1. The van der Waals surface area contributed by atoms with Crippen molar-refractivity contribution in [2.45, 2.75) is 37.9 Å². The molecule has 1 aromatic rings. The van der Waals surface area contributed by atoms with Crippen molar-refractivity contribution in [2.75, 3.05) is 0 Å². The number of thiophene rings is 1. The van der Waals surface area contributed by atoms with E-state index in [9.17, 15) is 4.39 Å². The van der Waals surface area contributed by atoms with Crippen LogP contribution in [-0.2, 0) is 5.67 Å². The zero-order valence-corrected chi connectivity index (χ0v) is 8.53. The summed E-state index contributed by atoms with van der Waals surface area (Å²) in [5, 5.41) is 1.95. The van der Waals surface area contributed by atoms with Crippen LogP contribution in [0.4, 0.5) is 4.39 Å². The molecule has 1 aliphatic rings. The minimum Gasteiger partial charge on any atom is -0.328 e. The van der Waals surface area contributed by atoms with Crippen LogP contribution in [0.2, 0.25) is 0 Å². The molecular formula is C10H14FNS. The van der Waals surface area contributed by atoms with E-state index in [2.05, 4.69) is 0 Å². The summed E-state index contributed by atoms with van der Waals surface area (Å²) in [5.41, 5.74) is 5.46. The van der Waals surface area contributed by atoms with Crippen molar-refractivity contribution in [1.29, 1.82) is 0 Å². The van der Waals surface area contributed by atoms with E-state index in [1.54, 1.807) is 11.3 Å². The maximum absolute atomic E-state index is 14.3. The Kier molecular flexibility index (Phi) is 2.16. The molecule has 0 spiro atoms. The van der Waals surface area contributed by atoms with Gasteiger partial charge in [-0.2, -0.15) is 0 Å². The van der Waals surface area contributed by atoms with E-state index in [0.29, 0.717) is 12.8 Å². The number of aryl methyl sites for hydroxylation is 1. The van der Waals surface area contributed by atoms with Gasteiger partial charge in [0.1, 0.15) is 5.67 Å². The van der Waals surface area contributed by atoms with Crippen molar-refractivity contribution >= 4 is 11.3 Å². The van der Waals surface area contributed by atoms with Crippen molar-refractivity contribution in [3.63, 3.8) is 0 Å². The molecule has 1 saturated carbocycles. The second kappa shape index (κ2) is 3.07. The summed E-state index contributed by atoms with van der Waals surface area (Å²) < 4.78 is 14.3. The maximum Gasteiger partial charge on any atom is 0.138 e. The Bertz CT molecular complexity index is 310. The lowest BCUT2D eigenvalue weighted by atomic mass is 9.95. The second-order valence-corrected chi connectivity index (χ2v) is 4.98. The average Bonchev–Trinajstić information content (AvgIpc) is 2.59. The quantitative estimate of drug-likeness (QED) is 0.739. The lowest BCUT2D eigenvalue weighted by Crippen LogP contribution is -2.21. The first-order chi connectivity index (χ1) is 6.12. The monoisotopic (exact) mass is 199 g/mol. The standard InChI is InChI=1S/C10H14FNS/c1-7-9(3-5-13-7)10(11)4-2-8(12)6-10/h3,5,8H,2,4,6,12H2,1H3. The molecule has 2 atom stereocenters. The van der Waals surface area contributed by atoms with Crippen LogP contribution >= 0.6 is 11.3 Å². The molecule has 0 amide bonds. The fourth-order valence-electron chi connectivity index (χ4n) is 2.13. The van der Waals surface area contributed by atoms with Gasteiger partial charge in [-0.1, -0.05) is 0 Å². The fraction of sp³-hybridized carbons (Fsp3) is 0.600. The van der Waals surface area contributed by atoms with E-state index in [1.807, 2.05) is 18.4 Å². The van der Waals surface area contributed by atoms with Gasteiger partial charge in [-0.25, -0.2) is 4.39 Å². The highest BCUT2D eigenvalue weighted by Crippen LogP contribution is 2.44. The van der Waals surface area contributed by atoms with Gasteiger partial charge >= 0.3 is 0 Å². The first-order valence-electron chi connectivity index (χ1n) is 4.61.